The molecule has 0 radical (unpaired) electrons. The zero-order chi connectivity index (χ0) is 22.1. The molecule has 0 aliphatic heterocycles. The van der Waals surface area contributed by atoms with Crippen LogP contribution < -0.4 is 15.4 Å². The Morgan fingerprint density at radius 3 is 2.40 bits per heavy atom. The lowest BCUT2D eigenvalue weighted by Crippen LogP contribution is -2.27. The molecule has 0 saturated carbocycles. The number of aryl methyl sites for hydroxylation is 1. The third kappa shape index (κ3) is 6.81. The molecule has 2 aromatic rings. The highest BCUT2D eigenvalue weighted by atomic mass is 35.5. The number of hydrogen-bond acceptors (Lipinski definition) is 5. The van der Waals surface area contributed by atoms with E-state index in [1.165, 1.54) is 25.2 Å². The van der Waals surface area contributed by atoms with E-state index < -0.39 is 10.0 Å². The van der Waals surface area contributed by atoms with Crippen LogP contribution in [0.1, 0.15) is 22.3 Å². The van der Waals surface area contributed by atoms with E-state index in [9.17, 15) is 18.0 Å². The van der Waals surface area contributed by atoms with E-state index >= 15 is 0 Å². The predicted octanol–water partition coefficient (Wildman–Crippen LogP) is 2.20. The van der Waals surface area contributed by atoms with Crippen molar-refractivity contribution >= 4 is 39.1 Å². The summed E-state index contributed by atoms with van der Waals surface area (Å²) in [5.74, 6) is -0.547. The van der Waals surface area contributed by atoms with Gasteiger partial charge in [0.05, 0.1) is 22.1 Å². The molecule has 30 heavy (non-hydrogen) atoms. The summed E-state index contributed by atoms with van der Waals surface area (Å²) in [7, 11) is -0.595. The van der Waals surface area contributed by atoms with Crippen LogP contribution in [0.15, 0.2) is 47.4 Å². The van der Waals surface area contributed by atoms with Crippen molar-refractivity contribution in [3.05, 3.63) is 58.6 Å². The molecular weight excluding hydrogens is 430 g/mol. The topological polar surface area (TPSA) is 114 Å². The number of sulfonamides is 1. The first-order valence-corrected chi connectivity index (χ1v) is 11.0. The van der Waals surface area contributed by atoms with Gasteiger partial charge in [0.25, 0.3) is 5.91 Å². The van der Waals surface area contributed by atoms with Crippen molar-refractivity contribution in [1.29, 1.82) is 0 Å². The Hall–Kier alpha value is -2.46. The Morgan fingerprint density at radius 2 is 1.80 bits per heavy atom. The predicted molar refractivity (Wildman–Crippen MR) is 115 cm³/mol. The first kappa shape index (κ1) is 23.8. The lowest BCUT2D eigenvalue weighted by molar-refractivity contribution is -0.116. The SMILES string of the molecule is CNS(=O)(=O)c1ccc(CCC(=O)Nc2ccc(C(=O)NCCOC)c(Cl)c2)cc1. The molecule has 0 unspecified atom stereocenters. The molecule has 0 aromatic heterocycles. The number of halogens is 1. The zero-order valence-corrected chi connectivity index (χ0v) is 18.3. The highest BCUT2D eigenvalue weighted by Crippen LogP contribution is 2.21. The highest BCUT2D eigenvalue weighted by Gasteiger charge is 2.13. The van der Waals surface area contributed by atoms with E-state index in [-0.39, 0.29) is 28.2 Å². The van der Waals surface area contributed by atoms with Gasteiger partial charge in [-0.05, 0) is 49.4 Å². The third-order valence-electron chi connectivity index (χ3n) is 4.23. The van der Waals surface area contributed by atoms with E-state index in [1.54, 1.807) is 31.4 Å². The maximum atomic E-state index is 12.2. The second-order valence-electron chi connectivity index (χ2n) is 6.34. The second kappa shape index (κ2) is 11.1. The number of carbonyl (C=O) groups is 2. The molecule has 0 bridgehead atoms. The van der Waals surface area contributed by atoms with Crippen LogP contribution in [-0.2, 0) is 26.0 Å². The molecule has 0 atom stereocenters. The van der Waals surface area contributed by atoms with E-state index in [4.69, 9.17) is 16.3 Å². The van der Waals surface area contributed by atoms with Gasteiger partial charge in [0, 0.05) is 25.8 Å². The number of rotatable bonds is 10. The van der Waals surface area contributed by atoms with Crippen molar-refractivity contribution in [1.82, 2.24) is 10.0 Å². The lowest BCUT2D eigenvalue weighted by atomic mass is 10.1. The number of methoxy groups -OCH3 is 1. The number of nitrogens with one attached hydrogen (secondary N) is 3. The van der Waals surface area contributed by atoms with Gasteiger partial charge in [-0.2, -0.15) is 0 Å². The summed E-state index contributed by atoms with van der Waals surface area (Å²) in [6, 6.07) is 11.0. The molecule has 0 fully saturated rings. The summed E-state index contributed by atoms with van der Waals surface area (Å²) in [6.45, 7) is 0.761. The van der Waals surface area contributed by atoms with Gasteiger partial charge < -0.3 is 15.4 Å². The van der Waals surface area contributed by atoms with Gasteiger partial charge in [0.2, 0.25) is 15.9 Å². The van der Waals surface area contributed by atoms with E-state index in [0.29, 0.717) is 30.8 Å². The minimum atomic E-state index is -3.48. The molecule has 0 aliphatic rings. The standard InChI is InChI=1S/C20H24ClN3O5S/c1-22-30(27,28)16-7-3-14(4-8-16)5-10-19(25)24-15-6-9-17(18(21)13-15)20(26)23-11-12-29-2/h3-4,6-9,13,22H,5,10-12H2,1-2H3,(H,23,26)(H,24,25). The molecular formula is C20H24ClN3O5S. The molecule has 162 valence electrons. The van der Waals surface area contributed by atoms with Crippen LogP contribution in [0, 0.1) is 0 Å². The largest absolute Gasteiger partial charge is 0.383 e. The van der Waals surface area contributed by atoms with Crippen LogP contribution in [0.4, 0.5) is 5.69 Å². The van der Waals surface area contributed by atoms with E-state index in [2.05, 4.69) is 15.4 Å². The van der Waals surface area contributed by atoms with Crippen LogP contribution in [-0.4, -0.2) is 47.5 Å². The minimum Gasteiger partial charge on any atom is -0.383 e. The Morgan fingerprint density at radius 1 is 1.10 bits per heavy atom. The smallest absolute Gasteiger partial charge is 0.252 e. The normalized spacial score (nSPS) is 11.2. The van der Waals surface area contributed by atoms with Crippen molar-refractivity contribution in [2.45, 2.75) is 17.7 Å². The van der Waals surface area contributed by atoms with Crippen molar-refractivity contribution in [3.8, 4) is 0 Å². The van der Waals surface area contributed by atoms with Crippen LogP contribution in [0.2, 0.25) is 5.02 Å². The van der Waals surface area contributed by atoms with Gasteiger partial charge in [-0.3, -0.25) is 9.59 Å². The number of amides is 2. The first-order chi connectivity index (χ1) is 14.3. The molecule has 2 aromatic carbocycles. The number of benzene rings is 2. The van der Waals surface area contributed by atoms with Gasteiger partial charge in [0.1, 0.15) is 0 Å². The molecule has 8 nitrogen and oxygen atoms in total. The van der Waals surface area contributed by atoms with E-state index in [0.717, 1.165) is 5.56 Å². The molecule has 10 heteroatoms. The van der Waals surface area contributed by atoms with Gasteiger partial charge in [0.15, 0.2) is 0 Å². The maximum absolute atomic E-state index is 12.2. The zero-order valence-electron chi connectivity index (χ0n) is 16.7. The molecule has 2 rings (SSSR count). The van der Waals surface area contributed by atoms with Crippen LogP contribution in [0.5, 0.6) is 0 Å². The summed E-state index contributed by atoms with van der Waals surface area (Å²) >= 11 is 6.16. The second-order valence-corrected chi connectivity index (χ2v) is 8.64. The average Bonchev–Trinajstić information content (AvgIpc) is 2.72. The van der Waals surface area contributed by atoms with Gasteiger partial charge >= 0.3 is 0 Å². The number of anilines is 1. The summed E-state index contributed by atoms with van der Waals surface area (Å²) < 4.78 is 30.6. The molecule has 2 amide bonds. The summed E-state index contributed by atoms with van der Waals surface area (Å²) in [5, 5.41) is 5.64. The first-order valence-electron chi connectivity index (χ1n) is 9.16. The van der Waals surface area contributed by atoms with Crippen LogP contribution in [0.3, 0.4) is 0 Å². The number of carbonyl (C=O) groups excluding carboxylic acids is 2. The number of hydrogen-bond donors (Lipinski definition) is 3. The fourth-order valence-electron chi connectivity index (χ4n) is 2.57. The number of ether oxygens (including phenoxy) is 1. The van der Waals surface area contributed by atoms with Gasteiger partial charge in [-0.25, -0.2) is 13.1 Å². The van der Waals surface area contributed by atoms with Crippen molar-refractivity contribution in [2.24, 2.45) is 0 Å². The highest BCUT2D eigenvalue weighted by molar-refractivity contribution is 7.89. The van der Waals surface area contributed by atoms with Gasteiger partial charge in [-0.15, -0.1) is 0 Å². The third-order valence-corrected chi connectivity index (χ3v) is 5.98. The summed E-state index contributed by atoms with van der Waals surface area (Å²) in [5.41, 5.74) is 1.62. The van der Waals surface area contributed by atoms with Crippen LogP contribution >= 0.6 is 11.6 Å². The molecule has 0 heterocycles. The molecule has 3 N–H and O–H groups in total. The minimum absolute atomic E-state index is 0.166. The summed E-state index contributed by atoms with van der Waals surface area (Å²) in [4.78, 5) is 24.4. The summed E-state index contributed by atoms with van der Waals surface area (Å²) in [6.07, 6.45) is 0.647. The van der Waals surface area contributed by atoms with Crippen LogP contribution in [0.25, 0.3) is 0 Å². The Bertz CT molecular complexity index is 994. The molecule has 0 spiro atoms. The Kier molecular flexibility index (Phi) is 8.79. The fourth-order valence-corrected chi connectivity index (χ4v) is 3.57. The van der Waals surface area contributed by atoms with Gasteiger partial charge in [-0.1, -0.05) is 23.7 Å². The molecule has 0 saturated heterocycles. The Labute approximate surface area is 181 Å². The molecule has 0 aliphatic carbocycles. The lowest BCUT2D eigenvalue weighted by Gasteiger charge is -2.10. The van der Waals surface area contributed by atoms with Crippen molar-refractivity contribution < 1.29 is 22.7 Å². The quantitative estimate of drug-likeness (QED) is 0.477. The Balaban J connectivity index is 1.90. The van der Waals surface area contributed by atoms with E-state index in [1.807, 2.05) is 0 Å². The fraction of sp³-hybridized carbons (Fsp3) is 0.300. The van der Waals surface area contributed by atoms with Crippen molar-refractivity contribution in [2.75, 3.05) is 32.6 Å². The van der Waals surface area contributed by atoms with Crippen molar-refractivity contribution in [3.63, 3.8) is 0 Å². The average molecular weight is 454 g/mol. The maximum Gasteiger partial charge on any atom is 0.252 e. The monoisotopic (exact) mass is 453 g/mol.